The van der Waals surface area contributed by atoms with Gasteiger partial charge in [0.05, 0.1) is 6.61 Å². The minimum absolute atomic E-state index is 0.543. The molecule has 8 heavy (non-hydrogen) atoms. The molecule has 0 aliphatic carbocycles. The number of hydrogen-bond donors (Lipinski definition) is 1. The standard InChI is InChI=1S/C3H9O3PS/c1-6-2-3-8-7(4)5/h7H,2-3H2,1H3,(H,4,5). The van der Waals surface area contributed by atoms with Gasteiger partial charge in [0.25, 0.3) is 0 Å². The van der Waals surface area contributed by atoms with Crippen LogP contribution in [-0.2, 0) is 9.30 Å². The quantitative estimate of drug-likeness (QED) is 0.482. The average Bonchev–Trinajstić information content (AvgIpc) is 1.66. The van der Waals surface area contributed by atoms with Gasteiger partial charge in [-0.05, 0) is 0 Å². The summed E-state index contributed by atoms with van der Waals surface area (Å²) in [5.41, 5.74) is 0. The lowest BCUT2D eigenvalue weighted by molar-refractivity contribution is 0.219. The van der Waals surface area contributed by atoms with Gasteiger partial charge in [-0.1, -0.05) is 11.4 Å². The van der Waals surface area contributed by atoms with Crippen LogP contribution in [0.5, 0.6) is 0 Å². The molecule has 1 N–H and O–H groups in total. The van der Waals surface area contributed by atoms with Gasteiger partial charge < -0.3 is 9.63 Å². The third-order valence-electron chi connectivity index (χ3n) is 0.513. The highest BCUT2D eigenvalue weighted by atomic mass is 32.7. The second kappa shape index (κ2) is 5.63. The summed E-state index contributed by atoms with van der Waals surface area (Å²) >= 11 is 1.03. The molecule has 0 fully saturated rings. The normalized spacial score (nSPS) is 13.8. The van der Waals surface area contributed by atoms with Crippen LogP contribution in [0.15, 0.2) is 0 Å². The third-order valence-corrected chi connectivity index (χ3v) is 2.48. The molecule has 1 unspecified atom stereocenters. The molecule has 0 heterocycles. The van der Waals surface area contributed by atoms with E-state index in [1.807, 2.05) is 0 Å². The first kappa shape index (κ1) is 8.50. The monoisotopic (exact) mass is 156 g/mol. The second-order valence-electron chi connectivity index (χ2n) is 1.11. The maximum Gasteiger partial charge on any atom is 0.243 e. The van der Waals surface area contributed by atoms with Gasteiger partial charge in [0, 0.05) is 12.9 Å². The van der Waals surface area contributed by atoms with Gasteiger partial charge in [0.1, 0.15) is 0 Å². The fourth-order valence-corrected chi connectivity index (χ4v) is 1.41. The van der Waals surface area contributed by atoms with Crippen molar-refractivity contribution in [1.82, 2.24) is 0 Å². The number of hydrogen-bond acceptors (Lipinski definition) is 3. The van der Waals surface area contributed by atoms with E-state index in [0.29, 0.717) is 12.4 Å². The van der Waals surface area contributed by atoms with Crippen molar-refractivity contribution >= 4 is 18.6 Å². The van der Waals surface area contributed by atoms with Crippen LogP contribution in [0.3, 0.4) is 0 Å². The van der Waals surface area contributed by atoms with E-state index in [1.54, 1.807) is 7.11 Å². The molecular weight excluding hydrogens is 147 g/mol. The molecule has 3 nitrogen and oxygen atoms in total. The van der Waals surface area contributed by atoms with Crippen molar-refractivity contribution in [1.29, 1.82) is 0 Å². The summed E-state index contributed by atoms with van der Waals surface area (Å²) in [5, 5.41) is 0. The Morgan fingerprint density at radius 2 is 2.50 bits per heavy atom. The van der Waals surface area contributed by atoms with Gasteiger partial charge in [0.15, 0.2) is 0 Å². The van der Waals surface area contributed by atoms with Crippen LogP contribution in [-0.4, -0.2) is 24.4 Å². The largest absolute Gasteiger partial charge is 0.384 e. The summed E-state index contributed by atoms with van der Waals surface area (Å²) < 4.78 is 14.6. The molecule has 0 saturated carbocycles. The van der Waals surface area contributed by atoms with Gasteiger partial charge in [0.2, 0.25) is 7.23 Å². The van der Waals surface area contributed by atoms with Crippen molar-refractivity contribution in [2.45, 2.75) is 0 Å². The van der Waals surface area contributed by atoms with E-state index in [0.717, 1.165) is 11.4 Å². The molecule has 0 radical (unpaired) electrons. The molecule has 0 saturated heterocycles. The minimum atomic E-state index is -2.32. The maximum atomic E-state index is 9.97. The van der Waals surface area contributed by atoms with E-state index < -0.39 is 7.23 Å². The molecule has 50 valence electrons. The summed E-state index contributed by atoms with van der Waals surface area (Å²) in [4.78, 5) is 8.23. The first-order valence-corrected chi connectivity index (χ1v) is 5.18. The zero-order valence-corrected chi connectivity index (χ0v) is 6.40. The predicted octanol–water partition coefficient (Wildman–Crippen LogP) is 0.748. The number of ether oxygens (including phenoxy) is 1. The van der Waals surface area contributed by atoms with Crippen molar-refractivity contribution in [3.8, 4) is 0 Å². The van der Waals surface area contributed by atoms with Crippen molar-refractivity contribution in [2.75, 3.05) is 19.5 Å². The molecule has 0 aromatic rings. The van der Waals surface area contributed by atoms with E-state index in [-0.39, 0.29) is 0 Å². The molecule has 0 aromatic carbocycles. The predicted molar refractivity (Wildman–Crippen MR) is 35.6 cm³/mol. The van der Waals surface area contributed by atoms with Crippen LogP contribution >= 0.6 is 18.6 Å². The van der Waals surface area contributed by atoms with E-state index in [9.17, 15) is 4.57 Å². The van der Waals surface area contributed by atoms with Crippen LogP contribution in [0.4, 0.5) is 0 Å². The van der Waals surface area contributed by atoms with Crippen molar-refractivity contribution in [3.05, 3.63) is 0 Å². The molecular formula is C3H9O3PS. The fourth-order valence-electron chi connectivity index (χ4n) is 0.212. The lowest BCUT2D eigenvalue weighted by atomic mass is 10.9. The molecule has 0 spiro atoms. The minimum Gasteiger partial charge on any atom is -0.384 e. The smallest absolute Gasteiger partial charge is 0.243 e. The highest BCUT2D eigenvalue weighted by Gasteiger charge is 1.90. The van der Waals surface area contributed by atoms with Gasteiger partial charge >= 0.3 is 0 Å². The zero-order valence-electron chi connectivity index (χ0n) is 4.59. The lowest BCUT2D eigenvalue weighted by Crippen LogP contribution is -1.88. The Labute approximate surface area is 53.0 Å². The van der Waals surface area contributed by atoms with Gasteiger partial charge in [-0.25, -0.2) is 0 Å². The SMILES string of the molecule is COCCS[PH](=O)O. The van der Waals surface area contributed by atoms with E-state index >= 15 is 0 Å². The van der Waals surface area contributed by atoms with Crippen LogP contribution < -0.4 is 0 Å². The zero-order chi connectivity index (χ0) is 6.41. The topological polar surface area (TPSA) is 46.5 Å². The molecule has 0 aromatic heterocycles. The molecule has 0 aliphatic heterocycles. The fraction of sp³-hybridized carbons (Fsp3) is 1.00. The summed E-state index contributed by atoms with van der Waals surface area (Å²) in [6.45, 7) is 0.543. The van der Waals surface area contributed by atoms with Gasteiger partial charge in [-0.2, -0.15) is 0 Å². The van der Waals surface area contributed by atoms with Crippen LogP contribution in [0.1, 0.15) is 0 Å². The molecule has 0 rings (SSSR count). The Balaban J connectivity index is 2.82. The van der Waals surface area contributed by atoms with Crippen LogP contribution in [0, 0.1) is 0 Å². The highest BCUT2D eigenvalue weighted by Crippen LogP contribution is 2.31. The Bertz CT molecular complexity index is 76.9. The number of methoxy groups -OCH3 is 1. The van der Waals surface area contributed by atoms with Crippen molar-refractivity contribution in [2.24, 2.45) is 0 Å². The molecule has 1 atom stereocenters. The Hall–Kier alpha value is 0.500. The Kier molecular flexibility index (Phi) is 5.99. The average molecular weight is 156 g/mol. The number of rotatable bonds is 4. The first-order chi connectivity index (χ1) is 3.77. The van der Waals surface area contributed by atoms with E-state index in [2.05, 4.69) is 4.74 Å². The summed E-state index contributed by atoms with van der Waals surface area (Å²) in [6.07, 6.45) is 0. The van der Waals surface area contributed by atoms with Gasteiger partial charge in [-0.15, -0.1) is 0 Å². The van der Waals surface area contributed by atoms with Crippen molar-refractivity contribution in [3.63, 3.8) is 0 Å². The van der Waals surface area contributed by atoms with Crippen LogP contribution in [0.25, 0.3) is 0 Å². The van der Waals surface area contributed by atoms with E-state index in [1.165, 1.54) is 0 Å². The molecule has 0 amide bonds. The highest BCUT2D eigenvalue weighted by molar-refractivity contribution is 8.50. The van der Waals surface area contributed by atoms with E-state index in [4.69, 9.17) is 4.89 Å². The molecule has 5 heteroatoms. The molecule has 0 bridgehead atoms. The third kappa shape index (κ3) is 6.50. The first-order valence-electron chi connectivity index (χ1n) is 2.12. The Morgan fingerprint density at radius 3 is 2.88 bits per heavy atom. The maximum absolute atomic E-state index is 9.97. The second-order valence-corrected chi connectivity index (χ2v) is 4.25. The summed E-state index contributed by atoms with van der Waals surface area (Å²) in [5.74, 6) is 0.602. The lowest BCUT2D eigenvalue weighted by Gasteiger charge is -1.92. The Morgan fingerprint density at radius 1 is 1.88 bits per heavy atom. The summed E-state index contributed by atoms with van der Waals surface area (Å²) in [6, 6.07) is 0. The summed E-state index contributed by atoms with van der Waals surface area (Å²) in [7, 11) is -0.756. The van der Waals surface area contributed by atoms with Gasteiger partial charge in [-0.3, -0.25) is 4.57 Å². The van der Waals surface area contributed by atoms with Crippen LogP contribution in [0.2, 0.25) is 0 Å². The van der Waals surface area contributed by atoms with Crippen molar-refractivity contribution < 1.29 is 14.2 Å². The molecule has 0 aliphatic rings.